The lowest BCUT2D eigenvalue weighted by Crippen LogP contribution is -2.02. The minimum Gasteiger partial charge on any atom is -0.497 e. The van der Waals surface area contributed by atoms with Crippen LogP contribution < -0.4 is 4.74 Å². The third-order valence-corrected chi connectivity index (χ3v) is 2.90. The zero-order valence-corrected chi connectivity index (χ0v) is 10.1. The van der Waals surface area contributed by atoms with Gasteiger partial charge in [-0.15, -0.1) is 23.2 Å². The van der Waals surface area contributed by atoms with Crippen molar-refractivity contribution in [2.45, 2.75) is 18.2 Å². The van der Waals surface area contributed by atoms with E-state index in [1.54, 1.807) is 13.2 Å². The van der Waals surface area contributed by atoms with E-state index in [2.05, 4.69) is 0 Å². The second-order valence-electron chi connectivity index (χ2n) is 3.22. The number of Topliss-reactive ketones (excluding diaryl/α,β-unsaturated/α-hetero) is 1. The van der Waals surface area contributed by atoms with Crippen LogP contribution in [-0.2, 0) is 10.7 Å². The van der Waals surface area contributed by atoms with Gasteiger partial charge in [-0.05, 0) is 30.2 Å². The van der Waals surface area contributed by atoms with Gasteiger partial charge in [0.2, 0.25) is 0 Å². The standard InChI is InChI=1S/C11H12Cl2O2/c1-7(14)11(13)9-3-8(6-12)4-10(5-9)15-2/h3-5,11H,6H2,1-2H3. The normalized spacial score (nSPS) is 12.3. The fourth-order valence-corrected chi connectivity index (χ4v) is 1.54. The molecule has 0 radical (unpaired) electrons. The monoisotopic (exact) mass is 246 g/mol. The van der Waals surface area contributed by atoms with Crippen LogP contribution in [0.5, 0.6) is 5.75 Å². The minimum absolute atomic E-state index is 0.0922. The van der Waals surface area contributed by atoms with Crippen molar-refractivity contribution in [2.75, 3.05) is 7.11 Å². The molecule has 0 aliphatic rings. The first-order chi connectivity index (χ1) is 7.08. The van der Waals surface area contributed by atoms with E-state index in [0.717, 1.165) is 11.1 Å². The van der Waals surface area contributed by atoms with E-state index in [-0.39, 0.29) is 5.78 Å². The van der Waals surface area contributed by atoms with Gasteiger partial charge in [-0.1, -0.05) is 6.07 Å². The van der Waals surface area contributed by atoms with Gasteiger partial charge in [0, 0.05) is 5.88 Å². The molecule has 0 spiro atoms. The molecule has 0 saturated carbocycles. The molecule has 1 unspecified atom stereocenters. The number of ether oxygens (including phenoxy) is 1. The number of alkyl halides is 2. The molecule has 2 nitrogen and oxygen atoms in total. The van der Waals surface area contributed by atoms with Crippen LogP contribution in [0.25, 0.3) is 0 Å². The van der Waals surface area contributed by atoms with E-state index in [1.807, 2.05) is 12.1 Å². The van der Waals surface area contributed by atoms with Crippen LogP contribution in [0.2, 0.25) is 0 Å². The molecule has 0 saturated heterocycles. The van der Waals surface area contributed by atoms with Gasteiger partial charge in [0.05, 0.1) is 7.11 Å². The first kappa shape index (κ1) is 12.3. The second-order valence-corrected chi connectivity index (χ2v) is 3.92. The summed E-state index contributed by atoms with van der Waals surface area (Å²) in [5.41, 5.74) is 1.61. The van der Waals surface area contributed by atoms with Crippen LogP contribution in [0.4, 0.5) is 0 Å². The quantitative estimate of drug-likeness (QED) is 0.763. The number of hydrogen-bond acceptors (Lipinski definition) is 2. The Labute approximate surface area is 99.1 Å². The Balaban J connectivity index is 3.11. The number of carbonyl (C=O) groups excluding carboxylic acids is 1. The summed E-state index contributed by atoms with van der Waals surface area (Å²) < 4.78 is 5.10. The predicted molar refractivity (Wildman–Crippen MR) is 61.8 cm³/mol. The summed E-state index contributed by atoms with van der Waals surface area (Å²) in [5, 5.41) is -0.637. The predicted octanol–water partition coefficient (Wildman–Crippen LogP) is 3.30. The van der Waals surface area contributed by atoms with Crippen molar-refractivity contribution >= 4 is 29.0 Å². The van der Waals surface area contributed by atoms with Gasteiger partial charge in [-0.2, -0.15) is 0 Å². The highest BCUT2D eigenvalue weighted by atomic mass is 35.5. The summed E-state index contributed by atoms with van der Waals surface area (Å²) in [6, 6.07) is 5.38. The number of rotatable bonds is 4. The Morgan fingerprint density at radius 1 is 1.47 bits per heavy atom. The molecule has 0 amide bonds. The number of hydrogen-bond donors (Lipinski definition) is 0. The van der Waals surface area contributed by atoms with Crippen molar-refractivity contribution in [1.82, 2.24) is 0 Å². The van der Waals surface area contributed by atoms with Gasteiger partial charge in [-0.3, -0.25) is 4.79 Å². The molecular weight excluding hydrogens is 235 g/mol. The highest BCUT2D eigenvalue weighted by molar-refractivity contribution is 6.30. The van der Waals surface area contributed by atoms with Crippen LogP contribution in [0, 0.1) is 0 Å². The molecule has 4 heteroatoms. The number of benzene rings is 1. The van der Waals surface area contributed by atoms with Gasteiger partial charge in [0.15, 0.2) is 5.78 Å². The fraction of sp³-hybridized carbons (Fsp3) is 0.364. The largest absolute Gasteiger partial charge is 0.497 e. The van der Waals surface area contributed by atoms with Crippen LogP contribution in [0.15, 0.2) is 18.2 Å². The summed E-state index contributed by atoms with van der Waals surface area (Å²) in [5.74, 6) is 0.937. The average molecular weight is 247 g/mol. The molecule has 82 valence electrons. The molecule has 1 atom stereocenters. The number of methoxy groups -OCH3 is 1. The average Bonchev–Trinajstić information content (AvgIpc) is 2.27. The molecule has 1 rings (SSSR count). The van der Waals surface area contributed by atoms with Gasteiger partial charge >= 0.3 is 0 Å². The van der Waals surface area contributed by atoms with Crippen LogP contribution in [0.3, 0.4) is 0 Å². The summed E-state index contributed by atoms with van der Waals surface area (Å²) in [6.07, 6.45) is 0. The van der Waals surface area contributed by atoms with Crippen molar-refractivity contribution < 1.29 is 9.53 Å². The summed E-state index contributed by atoms with van der Waals surface area (Å²) in [7, 11) is 1.56. The summed E-state index contributed by atoms with van der Waals surface area (Å²) in [4.78, 5) is 11.1. The third kappa shape index (κ3) is 3.11. The lowest BCUT2D eigenvalue weighted by Gasteiger charge is -2.10. The smallest absolute Gasteiger partial charge is 0.152 e. The molecule has 0 N–H and O–H groups in total. The topological polar surface area (TPSA) is 26.3 Å². The second kappa shape index (κ2) is 5.38. The Hall–Kier alpha value is -0.730. The summed E-state index contributed by atoms with van der Waals surface area (Å²) in [6.45, 7) is 1.46. The van der Waals surface area contributed by atoms with Crippen molar-refractivity contribution in [1.29, 1.82) is 0 Å². The molecule has 0 heterocycles. The zero-order valence-electron chi connectivity index (χ0n) is 8.59. The highest BCUT2D eigenvalue weighted by Crippen LogP contribution is 2.27. The van der Waals surface area contributed by atoms with Gasteiger partial charge in [0.1, 0.15) is 11.1 Å². The number of ketones is 1. The lowest BCUT2D eigenvalue weighted by atomic mass is 10.1. The Bertz CT molecular complexity index is 341. The molecule has 15 heavy (non-hydrogen) atoms. The van der Waals surface area contributed by atoms with E-state index < -0.39 is 5.38 Å². The fourth-order valence-electron chi connectivity index (χ4n) is 1.26. The van der Waals surface area contributed by atoms with E-state index in [0.29, 0.717) is 11.6 Å². The minimum atomic E-state index is -0.637. The number of carbonyl (C=O) groups is 1. The first-order valence-electron chi connectivity index (χ1n) is 4.46. The molecule has 1 aromatic carbocycles. The van der Waals surface area contributed by atoms with E-state index >= 15 is 0 Å². The van der Waals surface area contributed by atoms with Crippen molar-refractivity contribution in [2.24, 2.45) is 0 Å². The maximum absolute atomic E-state index is 11.1. The molecule has 0 aliphatic carbocycles. The molecule has 0 fully saturated rings. The van der Waals surface area contributed by atoms with Crippen LogP contribution in [0.1, 0.15) is 23.4 Å². The highest BCUT2D eigenvalue weighted by Gasteiger charge is 2.14. The molecule has 0 aromatic heterocycles. The maximum atomic E-state index is 11.1. The van der Waals surface area contributed by atoms with E-state index in [4.69, 9.17) is 27.9 Å². The first-order valence-corrected chi connectivity index (χ1v) is 5.44. The van der Waals surface area contributed by atoms with Crippen molar-refractivity contribution in [3.63, 3.8) is 0 Å². The summed E-state index contributed by atoms with van der Waals surface area (Å²) >= 11 is 11.7. The Morgan fingerprint density at radius 2 is 2.13 bits per heavy atom. The maximum Gasteiger partial charge on any atom is 0.152 e. The van der Waals surface area contributed by atoms with Crippen LogP contribution >= 0.6 is 23.2 Å². The molecule has 0 aliphatic heterocycles. The lowest BCUT2D eigenvalue weighted by molar-refractivity contribution is -0.116. The zero-order chi connectivity index (χ0) is 11.4. The molecular formula is C11H12Cl2O2. The van der Waals surface area contributed by atoms with Crippen LogP contribution in [-0.4, -0.2) is 12.9 Å². The molecule has 0 bridgehead atoms. The van der Waals surface area contributed by atoms with Gasteiger partial charge in [-0.25, -0.2) is 0 Å². The SMILES string of the molecule is COc1cc(CCl)cc(C(Cl)C(C)=O)c1. The Morgan fingerprint density at radius 3 is 2.60 bits per heavy atom. The Kier molecular flexibility index (Phi) is 4.43. The van der Waals surface area contributed by atoms with Gasteiger partial charge < -0.3 is 4.74 Å². The van der Waals surface area contributed by atoms with Gasteiger partial charge in [0.25, 0.3) is 0 Å². The van der Waals surface area contributed by atoms with Crippen molar-refractivity contribution in [3.05, 3.63) is 29.3 Å². The molecule has 1 aromatic rings. The third-order valence-electron chi connectivity index (χ3n) is 2.03. The van der Waals surface area contributed by atoms with Crippen molar-refractivity contribution in [3.8, 4) is 5.75 Å². The van der Waals surface area contributed by atoms with E-state index in [9.17, 15) is 4.79 Å². The number of halogens is 2. The van der Waals surface area contributed by atoms with E-state index in [1.165, 1.54) is 6.92 Å².